The molecule has 0 saturated carbocycles. The SMILES string of the molecule is CCc1nccn1C1CCCN(c2noc(-c3ccccc3)n2)C1. The molecule has 0 aliphatic carbocycles. The third kappa shape index (κ3) is 2.79. The summed E-state index contributed by atoms with van der Waals surface area (Å²) in [5.74, 6) is 2.39. The van der Waals surface area contributed by atoms with Crippen molar-refractivity contribution in [3.63, 3.8) is 0 Å². The monoisotopic (exact) mass is 323 g/mol. The predicted octanol–water partition coefficient (Wildman–Crippen LogP) is 3.34. The van der Waals surface area contributed by atoms with Crippen molar-refractivity contribution in [2.24, 2.45) is 0 Å². The summed E-state index contributed by atoms with van der Waals surface area (Å²) in [6.45, 7) is 3.99. The predicted molar refractivity (Wildman–Crippen MR) is 91.8 cm³/mol. The quantitative estimate of drug-likeness (QED) is 0.737. The normalized spacial score (nSPS) is 18.0. The van der Waals surface area contributed by atoms with Gasteiger partial charge in [0.05, 0.1) is 6.04 Å². The summed E-state index contributed by atoms with van der Waals surface area (Å²) in [6, 6.07) is 10.3. The number of benzene rings is 1. The van der Waals surface area contributed by atoms with E-state index >= 15 is 0 Å². The maximum absolute atomic E-state index is 5.45. The molecule has 1 atom stereocenters. The number of rotatable bonds is 4. The third-order valence-corrected chi connectivity index (χ3v) is 4.57. The van der Waals surface area contributed by atoms with E-state index in [1.807, 2.05) is 36.5 Å². The van der Waals surface area contributed by atoms with E-state index < -0.39 is 0 Å². The van der Waals surface area contributed by atoms with E-state index in [4.69, 9.17) is 4.52 Å². The van der Waals surface area contributed by atoms with Crippen molar-refractivity contribution < 1.29 is 4.52 Å². The van der Waals surface area contributed by atoms with Gasteiger partial charge in [0.1, 0.15) is 5.82 Å². The zero-order valence-electron chi connectivity index (χ0n) is 13.8. The Morgan fingerprint density at radius 1 is 1.25 bits per heavy atom. The van der Waals surface area contributed by atoms with Gasteiger partial charge in [-0.3, -0.25) is 0 Å². The van der Waals surface area contributed by atoms with Crippen LogP contribution < -0.4 is 4.90 Å². The van der Waals surface area contributed by atoms with Gasteiger partial charge in [-0.1, -0.05) is 25.1 Å². The minimum atomic E-state index is 0.412. The van der Waals surface area contributed by atoms with Gasteiger partial charge < -0.3 is 14.0 Å². The molecule has 6 heteroatoms. The second-order valence-corrected chi connectivity index (χ2v) is 6.11. The van der Waals surface area contributed by atoms with Crippen LogP contribution >= 0.6 is 0 Å². The summed E-state index contributed by atoms with van der Waals surface area (Å²) in [7, 11) is 0. The van der Waals surface area contributed by atoms with Crippen molar-refractivity contribution >= 4 is 5.95 Å². The first-order chi connectivity index (χ1) is 11.8. The molecule has 2 aromatic heterocycles. The van der Waals surface area contributed by atoms with Gasteiger partial charge in [-0.15, -0.1) is 0 Å². The molecule has 124 valence electrons. The third-order valence-electron chi connectivity index (χ3n) is 4.57. The number of aromatic nitrogens is 4. The molecular weight excluding hydrogens is 302 g/mol. The second-order valence-electron chi connectivity index (χ2n) is 6.11. The number of imidazole rings is 1. The molecule has 1 aliphatic heterocycles. The smallest absolute Gasteiger partial charge is 0.266 e. The van der Waals surface area contributed by atoms with E-state index in [1.165, 1.54) is 0 Å². The van der Waals surface area contributed by atoms with Gasteiger partial charge in [0.2, 0.25) is 0 Å². The fraction of sp³-hybridized carbons (Fsp3) is 0.389. The Labute approximate surface area is 141 Å². The molecule has 1 aliphatic rings. The summed E-state index contributed by atoms with van der Waals surface area (Å²) in [4.78, 5) is 11.2. The highest BCUT2D eigenvalue weighted by Gasteiger charge is 2.25. The van der Waals surface area contributed by atoms with Crippen molar-refractivity contribution in [1.29, 1.82) is 0 Å². The Balaban J connectivity index is 1.54. The Morgan fingerprint density at radius 2 is 2.12 bits per heavy atom. The fourth-order valence-corrected chi connectivity index (χ4v) is 3.36. The summed E-state index contributed by atoms with van der Waals surface area (Å²) >= 11 is 0. The molecule has 1 saturated heterocycles. The highest BCUT2D eigenvalue weighted by Crippen LogP contribution is 2.27. The van der Waals surface area contributed by atoms with Crippen molar-refractivity contribution in [1.82, 2.24) is 19.7 Å². The molecule has 0 spiro atoms. The van der Waals surface area contributed by atoms with Crippen LogP contribution in [0.3, 0.4) is 0 Å². The van der Waals surface area contributed by atoms with Crippen LogP contribution in [0, 0.1) is 0 Å². The Morgan fingerprint density at radius 3 is 2.96 bits per heavy atom. The van der Waals surface area contributed by atoms with Crippen molar-refractivity contribution in [3.05, 3.63) is 48.5 Å². The summed E-state index contributed by atoms with van der Waals surface area (Å²) in [5, 5.41) is 4.19. The van der Waals surface area contributed by atoms with Crippen LogP contribution in [0.4, 0.5) is 5.95 Å². The van der Waals surface area contributed by atoms with Crippen molar-refractivity contribution in [3.8, 4) is 11.5 Å². The lowest BCUT2D eigenvalue weighted by Crippen LogP contribution is -2.37. The van der Waals surface area contributed by atoms with Crippen LogP contribution in [-0.2, 0) is 6.42 Å². The maximum atomic E-state index is 5.45. The van der Waals surface area contributed by atoms with Gasteiger partial charge in [-0.05, 0) is 30.1 Å². The molecule has 1 aromatic carbocycles. The lowest BCUT2D eigenvalue weighted by atomic mass is 10.1. The standard InChI is InChI=1S/C18H21N5O/c1-2-16-19-10-12-23(16)15-9-6-11-22(13-15)18-20-17(24-21-18)14-7-4-3-5-8-14/h3-5,7-8,10,12,15H,2,6,9,11,13H2,1H3. The summed E-state index contributed by atoms with van der Waals surface area (Å²) in [5.41, 5.74) is 0.952. The minimum absolute atomic E-state index is 0.412. The van der Waals surface area contributed by atoms with Crippen LogP contribution in [0.25, 0.3) is 11.5 Å². The number of hydrogen-bond donors (Lipinski definition) is 0. The number of hydrogen-bond acceptors (Lipinski definition) is 5. The van der Waals surface area contributed by atoms with Crippen molar-refractivity contribution in [2.75, 3.05) is 18.0 Å². The highest BCUT2D eigenvalue weighted by atomic mass is 16.5. The molecule has 0 radical (unpaired) electrons. The van der Waals surface area contributed by atoms with Gasteiger partial charge in [0.25, 0.3) is 11.8 Å². The van der Waals surface area contributed by atoms with E-state index in [1.54, 1.807) is 0 Å². The van der Waals surface area contributed by atoms with Crippen LogP contribution in [0.2, 0.25) is 0 Å². The van der Waals surface area contributed by atoms with E-state index in [9.17, 15) is 0 Å². The zero-order chi connectivity index (χ0) is 16.4. The lowest BCUT2D eigenvalue weighted by Gasteiger charge is -2.33. The van der Waals surface area contributed by atoms with Gasteiger partial charge in [0, 0.05) is 37.5 Å². The minimum Gasteiger partial charge on any atom is -0.336 e. The summed E-state index contributed by atoms with van der Waals surface area (Å²) < 4.78 is 7.75. The number of aryl methyl sites for hydroxylation is 1. The fourth-order valence-electron chi connectivity index (χ4n) is 3.36. The van der Waals surface area contributed by atoms with Gasteiger partial charge in [-0.2, -0.15) is 4.98 Å². The largest absolute Gasteiger partial charge is 0.336 e. The van der Waals surface area contributed by atoms with Crippen LogP contribution in [0.5, 0.6) is 0 Å². The second kappa shape index (κ2) is 6.47. The van der Waals surface area contributed by atoms with Crippen molar-refractivity contribution in [2.45, 2.75) is 32.2 Å². The maximum Gasteiger partial charge on any atom is 0.266 e. The molecule has 24 heavy (non-hydrogen) atoms. The molecule has 0 N–H and O–H groups in total. The van der Waals surface area contributed by atoms with E-state index in [0.717, 1.165) is 43.7 Å². The Hall–Kier alpha value is -2.63. The van der Waals surface area contributed by atoms with E-state index in [0.29, 0.717) is 17.9 Å². The molecule has 1 unspecified atom stereocenters. The molecular formula is C18H21N5O. The first-order valence-electron chi connectivity index (χ1n) is 8.51. The van der Waals surface area contributed by atoms with Gasteiger partial charge >= 0.3 is 0 Å². The first kappa shape index (κ1) is 14.9. The molecule has 0 amide bonds. The van der Waals surface area contributed by atoms with E-state index in [-0.39, 0.29) is 0 Å². The number of piperidine rings is 1. The first-order valence-corrected chi connectivity index (χ1v) is 8.51. The Bertz CT molecular complexity index is 795. The topological polar surface area (TPSA) is 60.0 Å². The number of anilines is 1. The van der Waals surface area contributed by atoms with Crippen LogP contribution in [0.15, 0.2) is 47.2 Å². The van der Waals surface area contributed by atoms with Crippen LogP contribution in [0.1, 0.15) is 31.6 Å². The van der Waals surface area contributed by atoms with Gasteiger partial charge in [-0.25, -0.2) is 4.98 Å². The molecule has 6 nitrogen and oxygen atoms in total. The number of nitrogens with zero attached hydrogens (tertiary/aromatic N) is 5. The van der Waals surface area contributed by atoms with Gasteiger partial charge in [0.15, 0.2) is 0 Å². The average Bonchev–Trinajstić information content (AvgIpc) is 3.32. The zero-order valence-corrected chi connectivity index (χ0v) is 13.8. The molecule has 3 aromatic rings. The summed E-state index contributed by atoms with van der Waals surface area (Å²) in [6.07, 6.45) is 7.19. The van der Waals surface area contributed by atoms with E-state index in [2.05, 4.69) is 37.7 Å². The highest BCUT2D eigenvalue weighted by molar-refractivity contribution is 5.54. The molecule has 1 fully saturated rings. The molecule has 3 heterocycles. The average molecular weight is 323 g/mol. The van der Waals surface area contributed by atoms with Crippen LogP contribution in [-0.4, -0.2) is 32.8 Å². The lowest BCUT2D eigenvalue weighted by molar-refractivity contribution is 0.384. The Kier molecular flexibility index (Phi) is 4.02. The molecule has 0 bridgehead atoms. The molecule has 4 rings (SSSR count).